The molecule has 2 unspecified atom stereocenters. The van der Waals surface area contributed by atoms with Crippen molar-refractivity contribution in [1.29, 1.82) is 0 Å². The molecule has 0 radical (unpaired) electrons. The zero-order valence-electron chi connectivity index (χ0n) is 19.3. The Kier molecular flexibility index (Phi) is 7.84. The van der Waals surface area contributed by atoms with E-state index >= 15 is 0 Å². The van der Waals surface area contributed by atoms with E-state index in [4.69, 9.17) is 4.74 Å². The van der Waals surface area contributed by atoms with Crippen LogP contribution in [0.1, 0.15) is 96.3 Å². The Bertz CT molecular complexity index is 669. The van der Waals surface area contributed by atoms with Crippen LogP contribution in [0.2, 0.25) is 0 Å². The third kappa shape index (κ3) is 5.18. The van der Waals surface area contributed by atoms with E-state index in [2.05, 4.69) is 0 Å². The Morgan fingerprint density at radius 1 is 0.750 bits per heavy atom. The molecule has 2 atom stereocenters. The fourth-order valence-corrected chi connectivity index (χ4v) is 6.37. The van der Waals surface area contributed by atoms with Gasteiger partial charge in [-0.2, -0.15) is 0 Å². The molecule has 3 saturated carbocycles. The van der Waals surface area contributed by atoms with Crippen molar-refractivity contribution in [3.8, 4) is 0 Å². The largest absolute Gasteiger partial charge is 0.456 e. The van der Waals surface area contributed by atoms with Crippen molar-refractivity contribution in [2.24, 2.45) is 11.8 Å². The van der Waals surface area contributed by atoms with Crippen molar-refractivity contribution in [3.05, 3.63) is 0 Å². The summed E-state index contributed by atoms with van der Waals surface area (Å²) in [5.41, 5.74) is 0. The predicted octanol–water partition coefficient (Wildman–Crippen LogP) is 3.59. The zero-order chi connectivity index (χ0) is 22.5. The molecule has 7 heteroatoms. The number of hydrogen-bond acceptors (Lipinski definition) is 5. The van der Waals surface area contributed by atoms with Crippen molar-refractivity contribution in [3.63, 3.8) is 0 Å². The molecule has 3 aliphatic carbocycles. The predicted molar refractivity (Wildman–Crippen MR) is 118 cm³/mol. The molecule has 178 valence electrons. The Morgan fingerprint density at radius 2 is 1.22 bits per heavy atom. The summed E-state index contributed by atoms with van der Waals surface area (Å²) in [6.45, 7) is -0.175. The summed E-state index contributed by atoms with van der Waals surface area (Å²) in [4.78, 5) is 53.9. The molecule has 0 aromatic rings. The molecule has 32 heavy (non-hydrogen) atoms. The van der Waals surface area contributed by atoms with Gasteiger partial charge in [-0.15, -0.1) is 0 Å². The monoisotopic (exact) mass is 446 g/mol. The molecule has 1 aliphatic heterocycles. The summed E-state index contributed by atoms with van der Waals surface area (Å²) in [5.74, 6) is -1.27. The first-order valence-corrected chi connectivity index (χ1v) is 12.9. The van der Waals surface area contributed by atoms with Gasteiger partial charge >= 0.3 is 5.97 Å². The molecule has 0 aromatic carbocycles. The van der Waals surface area contributed by atoms with E-state index < -0.39 is 5.97 Å². The summed E-state index contributed by atoms with van der Waals surface area (Å²) in [5, 5.41) is 0. The number of carbonyl (C=O) groups excluding carboxylic acids is 4. The topological polar surface area (TPSA) is 84.0 Å². The SMILES string of the molecule is O=C(CCN1C(=O)C2CCCCC2C1=O)OCC(=O)N(C1CCCCC1)C1CCCCC1. The quantitative estimate of drug-likeness (QED) is 0.441. The molecule has 4 aliphatic rings. The fourth-order valence-electron chi connectivity index (χ4n) is 6.37. The van der Waals surface area contributed by atoms with Crippen LogP contribution in [0.4, 0.5) is 0 Å². The van der Waals surface area contributed by atoms with Gasteiger partial charge in [-0.3, -0.25) is 24.1 Å². The van der Waals surface area contributed by atoms with Crippen LogP contribution in [0.5, 0.6) is 0 Å². The summed E-state index contributed by atoms with van der Waals surface area (Å²) < 4.78 is 5.34. The van der Waals surface area contributed by atoms with Crippen molar-refractivity contribution < 1.29 is 23.9 Å². The maximum atomic E-state index is 13.1. The molecule has 0 aromatic heterocycles. The van der Waals surface area contributed by atoms with Crippen LogP contribution in [-0.4, -0.2) is 58.7 Å². The minimum absolute atomic E-state index is 0.0446. The second kappa shape index (κ2) is 10.8. The summed E-state index contributed by atoms with van der Waals surface area (Å²) >= 11 is 0. The normalized spacial score (nSPS) is 27.3. The van der Waals surface area contributed by atoms with Crippen molar-refractivity contribution in [1.82, 2.24) is 9.80 Å². The van der Waals surface area contributed by atoms with Gasteiger partial charge < -0.3 is 9.64 Å². The summed E-state index contributed by atoms with van der Waals surface area (Å²) in [7, 11) is 0. The lowest BCUT2D eigenvalue weighted by Gasteiger charge is -2.41. The van der Waals surface area contributed by atoms with E-state index in [0.29, 0.717) is 0 Å². The lowest BCUT2D eigenvalue weighted by Crippen LogP contribution is -2.50. The number of likely N-dealkylation sites (tertiary alicyclic amines) is 1. The number of amides is 3. The molecule has 1 heterocycles. The van der Waals surface area contributed by atoms with E-state index in [1.54, 1.807) is 0 Å². The van der Waals surface area contributed by atoms with Gasteiger partial charge in [-0.25, -0.2) is 0 Å². The third-order valence-corrected chi connectivity index (χ3v) is 8.05. The van der Waals surface area contributed by atoms with Crippen LogP contribution in [0.3, 0.4) is 0 Å². The maximum absolute atomic E-state index is 13.1. The number of rotatable bonds is 7. The molecule has 3 amide bonds. The Balaban J connectivity index is 1.27. The van der Waals surface area contributed by atoms with Crippen LogP contribution in [0.25, 0.3) is 0 Å². The number of esters is 1. The number of hydrogen-bond donors (Lipinski definition) is 0. The average Bonchev–Trinajstić information content (AvgIpc) is 3.07. The summed E-state index contributed by atoms with van der Waals surface area (Å²) in [6, 6.07) is 0.530. The van der Waals surface area contributed by atoms with Crippen LogP contribution >= 0.6 is 0 Å². The maximum Gasteiger partial charge on any atom is 0.308 e. The molecular weight excluding hydrogens is 408 g/mol. The number of nitrogens with zero attached hydrogens (tertiary/aromatic N) is 2. The van der Waals surface area contributed by atoms with Gasteiger partial charge in [0.05, 0.1) is 18.3 Å². The highest BCUT2D eigenvalue weighted by Crippen LogP contribution is 2.38. The van der Waals surface area contributed by atoms with Crippen LogP contribution in [0, 0.1) is 11.8 Å². The minimum Gasteiger partial charge on any atom is -0.456 e. The fraction of sp³-hybridized carbons (Fsp3) is 0.840. The molecule has 7 nitrogen and oxygen atoms in total. The molecule has 0 N–H and O–H groups in total. The van der Waals surface area contributed by atoms with Crippen molar-refractivity contribution >= 4 is 23.7 Å². The van der Waals surface area contributed by atoms with Crippen LogP contribution < -0.4 is 0 Å². The molecule has 4 rings (SSSR count). The Hall–Kier alpha value is -1.92. The Labute approximate surface area is 191 Å². The molecule has 0 spiro atoms. The highest BCUT2D eigenvalue weighted by Gasteiger charge is 2.47. The number of carbonyl (C=O) groups is 4. The van der Waals surface area contributed by atoms with Crippen LogP contribution in [-0.2, 0) is 23.9 Å². The smallest absolute Gasteiger partial charge is 0.308 e. The highest BCUT2D eigenvalue weighted by atomic mass is 16.5. The highest BCUT2D eigenvalue weighted by molar-refractivity contribution is 6.05. The molecular formula is C25H38N2O5. The lowest BCUT2D eigenvalue weighted by molar-refractivity contribution is -0.156. The number of ether oxygens (including phenoxy) is 1. The van der Waals surface area contributed by atoms with Gasteiger partial charge in [0.1, 0.15) is 0 Å². The average molecular weight is 447 g/mol. The minimum atomic E-state index is -0.513. The summed E-state index contributed by atoms with van der Waals surface area (Å²) in [6.07, 6.45) is 14.7. The van der Waals surface area contributed by atoms with E-state index in [9.17, 15) is 19.2 Å². The van der Waals surface area contributed by atoms with E-state index in [0.717, 1.165) is 77.0 Å². The van der Waals surface area contributed by atoms with Gasteiger partial charge in [-0.1, -0.05) is 51.4 Å². The first-order valence-electron chi connectivity index (χ1n) is 12.9. The van der Waals surface area contributed by atoms with E-state index in [1.807, 2.05) is 4.90 Å². The van der Waals surface area contributed by atoms with Gasteiger partial charge in [0.2, 0.25) is 11.8 Å². The van der Waals surface area contributed by atoms with Gasteiger partial charge in [0.25, 0.3) is 5.91 Å². The van der Waals surface area contributed by atoms with E-state index in [-0.39, 0.29) is 61.2 Å². The molecule has 4 fully saturated rings. The number of fused-ring (bicyclic) bond motifs is 1. The molecule has 1 saturated heterocycles. The van der Waals surface area contributed by atoms with Gasteiger partial charge in [-0.05, 0) is 38.5 Å². The molecule has 0 bridgehead atoms. The van der Waals surface area contributed by atoms with E-state index in [1.165, 1.54) is 17.7 Å². The first kappa shape index (κ1) is 23.2. The van der Waals surface area contributed by atoms with Crippen molar-refractivity contribution in [2.75, 3.05) is 13.2 Å². The standard InChI is InChI=1S/C25H38N2O5/c28-22(27(18-9-3-1-4-10-18)19-11-5-2-6-12-19)17-32-23(29)15-16-26-24(30)20-13-7-8-14-21(20)25(26)31/h18-21H,1-17H2. The van der Waals surface area contributed by atoms with Crippen LogP contribution in [0.15, 0.2) is 0 Å². The first-order chi connectivity index (χ1) is 15.6. The van der Waals surface area contributed by atoms with Gasteiger partial charge in [0, 0.05) is 18.6 Å². The Morgan fingerprint density at radius 3 is 1.72 bits per heavy atom. The van der Waals surface area contributed by atoms with Crippen molar-refractivity contribution in [2.45, 2.75) is 108 Å². The zero-order valence-corrected chi connectivity index (χ0v) is 19.3. The number of imide groups is 1. The second-order valence-corrected chi connectivity index (χ2v) is 10.1. The lowest BCUT2D eigenvalue weighted by atomic mass is 9.81. The second-order valence-electron chi connectivity index (χ2n) is 10.1. The van der Waals surface area contributed by atoms with Gasteiger partial charge in [0.15, 0.2) is 6.61 Å². The third-order valence-electron chi connectivity index (χ3n) is 8.05.